The van der Waals surface area contributed by atoms with E-state index in [1.165, 1.54) is 16.9 Å². The third-order valence-electron chi connectivity index (χ3n) is 4.79. The first-order chi connectivity index (χ1) is 14.0. The smallest absolute Gasteiger partial charge is 0.292 e. The van der Waals surface area contributed by atoms with Crippen LogP contribution in [0, 0.1) is 10.1 Å². The Labute approximate surface area is 170 Å². The first kappa shape index (κ1) is 18.9. The van der Waals surface area contributed by atoms with Crippen molar-refractivity contribution in [3.63, 3.8) is 0 Å². The van der Waals surface area contributed by atoms with E-state index < -0.39 is 4.92 Å². The molecule has 1 fully saturated rings. The zero-order valence-corrected chi connectivity index (χ0v) is 16.1. The molecule has 1 aliphatic rings. The molecular weight excluding hydrogens is 396 g/mol. The number of nitro groups is 1. The van der Waals surface area contributed by atoms with Crippen LogP contribution in [0.15, 0.2) is 59.7 Å². The van der Waals surface area contributed by atoms with Gasteiger partial charge in [-0.2, -0.15) is 9.78 Å². The Kier molecular flexibility index (Phi) is 5.13. The molecule has 0 spiro atoms. The van der Waals surface area contributed by atoms with Crippen molar-refractivity contribution in [3.8, 4) is 5.69 Å². The van der Waals surface area contributed by atoms with Gasteiger partial charge in [0.15, 0.2) is 0 Å². The van der Waals surface area contributed by atoms with Crippen molar-refractivity contribution in [2.45, 2.75) is 0 Å². The second kappa shape index (κ2) is 7.88. The number of rotatable bonds is 4. The lowest BCUT2D eigenvalue weighted by Crippen LogP contribution is -2.47. The molecule has 0 N–H and O–H groups in total. The van der Waals surface area contributed by atoms with Crippen LogP contribution in [0.4, 0.5) is 17.2 Å². The molecule has 0 saturated carbocycles. The summed E-state index contributed by atoms with van der Waals surface area (Å²) in [5.74, 6) is 0.680. The molecule has 3 aromatic rings. The number of anilines is 2. The van der Waals surface area contributed by atoms with Gasteiger partial charge in [-0.15, -0.1) is 0 Å². The molecule has 0 unspecified atom stereocenters. The van der Waals surface area contributed by atoms with Gasteiger partial charge in [-0.25, -0.2) is 4.98 Å². The molecule has 29 heavy (non-hydrogen) atoms. The van der Waals surface area contributed by atoms with Crippen molar-refractivity contribution in [2.24, 2.45) is 0 Å². The maximum atomic E-state index is 12.7. The van der Waals surface area contributed by atoms with Gasteiger partial charge in [0, 0.05) is 32.2 Å². The lowest BCUT2D eigenvalue weighted by Gasteiger charge is -2.36. The number of benzene rings is 1. The van der Waals surface area contributed by atoms with Gasteiger partial charge < -0.3 is 9.80 Å². The summed E-state index contributed by atoms with van der Waals surface area (Å²) in [6.45, 7) is 2.52. The Bertz CT molecular complexity index is 1080. The van der Waals surface area contributed by atoms with E-state index in [0.29, 0.717) is 43.4 Å². The molecule has 9 nitrogen and oxygen atoms in total. The van der Waals surface area contributed by atoms with Crippen LogP contribution in [0.3, 0.4) is 0 Å². The van der Waals surface area contributed by atoms with Gasteiger partial charge in [0.2, 0.25) is 0 Å². The van der Waals surface area contributed by atoms with Crippen LogP contribution in [0.5, 0.6) is 0 Å². The number of aromatic nitrogens is 3. The average molecular weight is 413 g/mol. The topological polar surface area (TPSA) is 97.4 Å². The highest BCUT2D eigenvalue weighted by Crippen LogP contribution is 2.24. The summed E-state index contributed by atoms with van der Waals surface area (Å²) in [4.78, 5) is 31.2. The lowest BCUT2D eigenvalue weighted by atomic mass is 10.2. The zero-order valence-electron chi connectivity index (χ0n) is 15.3. The molecule has 1 aromatic carbocycles. The standard InChI is InChI=1S/C19H17ClN6O3/c20-18-16(13-22-25(19(18)27)14-4-2-1-3-5-14)23-8-10-24(11-9-23)17-7-6-15(12-21-17)26(28)29/h1-7,12-13H,8-11H2. The molecule has 1 aliphatic heterocycles. The van der Waals surface area contributed by atoms with Crippen molar-refractivity contribution in [1.29, 1.82) is 0 Å². The lowest BCUT2D eigenvalue weighted by molar-refractivity contribution is -0.385. The van der Waals surface area contributed by atoms with Gasteiger partial charge in [0.1, 0.15) is 17.0 Å². The number of pyridine rings is 1. The zero-order chi connectivity index (χ0) is 20.4. The van der Waals surface area contributed by atoms with Gasteiger partial charge in [-0.1, -0.05) is 29.8 Å². The van der Waals surface area contributed by atoms with Gasteiger partial charge in [0.25, 0.3) is 11.2 Å². The van der Waals surface area contributed by atoms with Crippen molar-refractivity contribution in [1.82, 2.24) is 14.8 Å². The third kappa shape index (κ3) is 3.77. The molecule has 0 aliphatic carbocycles. The van der Waals surface area contributed by atoms with Crippen LogP contribution in [0.25, 0.3) is 5.69 Å². The summed E-state index contributed by atoms with van der Waals surface area (Å²) in [5, 5.41) is 15.2. The maximum Gasteiger partial charge on any atom is 0.292 e. The minimum absolute atomic E-state index is 0.0378. The molecule has 4 rings (SSSR count). The molecule has 0 amide bonds. The minimum atomic E-state index is -0.471. The van der Waals surface area contributed by atoms with Crippen LogP contribution in [0.2, 0.25) is 5.02 Å². The summed E-state index contributed by atoms with van der Waals surface area (Å²) in [6.07, 6.45) is 2.86. The Hall–Kier alpha value is -3.46. The second-order valence-electron chi connectivity index (χ2n) is 6.50. The number of hydrogen-bond donors (Lipinski definition) is 0. The van der Waals surface area contributed by atoms with E-state index in [-0.39, 0.29) is 16.3 Å². The highest BCUT2D eigenvalue weighted by atomic mass is 35.5. The van der Waals surface area contributed by atoms with E-state index in [1.807, 2.05) is 28.0 Å². The van der Waals surface area contributed by atoms with E-state index in [0.717, 1.165) is 0 Å². The van der Waals surface area contributed by atoms with Crippen molar-refractivity contribution in [3.05, 3.63) is 80.3 Å². The van der Waals surface area contributed by atoms with E-state index >= 15 is 0 Å². The van der Waals surface area contributed by atoms with E-state index in [1.54, 1.807) is 24.4 Å². The first-order valence-corrected chi connectivity index (χ1v) is 9.36. The molecule has 3 heterocycles. The van der Waals surface area contributed by atoms with Gasteiger partial charge in [0.05, 0.1) is 22.5 Å². The van der Waals surface area contributed by atoms with Crippen LogP contribution < -0.4 is 15.4 Å². The predicted molar refractivity (Wildman–Crippen MR) is 110 cm³/mol. The number of hydrogen-bond acceptors (Lipinski definition) is 7. The van der Waals surface area contributed by atoms with Crippen LogP contribution in [0.1, 0.15) is 0 Å². The third-order valence-corrected chi connectivity index (χ3v) is 5.14. The molecule has 10 heteroatoms. The normalized spacial score (nSPS) is 14.1. The maximum absolute atomic E-state index is 12.7. The monoisotopic (exact) mass is 412 g/mol. The SMILES string of the molecule is O=c1c(Cl)c(N2CCN(c3ccc([N+](=O)[O-])cn3)CC2)cnn1-c1ccccc1. The highest BCUT2D eigenvalue weighted by Gasteiger charge is 2.22. The van der Waals surface area contributed by atoms with Crippen molar-refractivity contribution >= 4 is 28.8 Å². The Morgan fingerprint density at radius 2 is 1.66 bits per heavy atom. The Balaban J connectivity index is 1.49. The van der Waals surface area contributed by atoms with Gasteiger partial charge in [-0.3, -0.25) is 14.9 Å². The number of para-hydroxylation sites is 1. The summed E-state index contributed by atoms with van der Waals surface area (Å²) in [5.41, 5.74) is 0.847. The fourth-order valence-electron chi connectivity index (χ4n) is 3.25. The van der Waals surface area contributed by atoms with Crippen LogP contribution >= 0.6 is 11.6 Å². The molecule has 148 valence electrons. The molecule has 0 atom stereocenters. The van der Waals surface area contributed by atoms with E-state index in [9.17, 15) is 14.9 Å². The van der Waals surface area contributed by atoms with Crippen molar-refractivity contribution < 1.29 is 4.92 Å². The largest absolute Gasteiger partial charge is 0.365 e. The minimum Gasteiger partial charge on any atom is -0.365 e. The first-order valence-electron chi connectivity index (χ1n) is 8.98. The number of piperazine rings is 1. The van der Waals surface area contributed by atoms with E-state index in [2.05, 4.69) is 10.1 Å². The Morgan fingerprint density at radius 1 is 0.966 bits per heavy atom. The summed E-state index contributed by atoms with van der Waals surface area (Å²) >= 11 is 6.38. The molecule has 2 aromatic heterocycles. The average Bonchev–Trinajstić information content (AvgIpc) is 2.76. The Morgan fingerprint density at radius 3 is 2.28 bits per heavy atom. The van der Waals surface area contributed by atoms with Gasteiger partial charge >= 0.3 is 0 Å². The van der Waals surface area contributed by atoms with Crippen LogP contribution in [-0.2, 0) is 0 Å². The summed E-state index contributed by atoms with van der Waals surface area (Å²) in [7, 11) is 0. The fraction of sp³-hybridized carbons (Fsp3) is 0.211. The predicted octanol–water partition coefficient (Wildman–Crippen LogP) is 2.52. The number of halogens is 1. The highest BCUT2D eigenvalue weighted by molar-refractivity contribution is 6.33. The molecule has 0 bridgehead atoms. The fourth-order valence-corrected chi connectivity index (χ4v) is 3.50. The summed E-state index contributed by atoms with van der Waals surface area (Å²) in [6, 6.07) is 12.2. The number of nitrogens with zero attached hydrogens (tertiary/aromatic N) is 6. The van der Waals surface area contributed by atoms with Gasteiger partial charge in [-0.05, 0) is 18.2 Å². The van der Waals surface area contributed by atoms with E-state index in [4.69, 9.17) is 11.6 Å². The second-order valence-corrected chi connectivity index (χ2v) is 6.88. The molecule has 1 saturated heterocycles. The summed E-state index contributed by atoms with van der Waals surface area (Å²) < 4.78 is 1.28. The quantitative estimate of drug-likeness (QED) is 0.479. The van der Waals surface area contributed by atoms with Crippen molar-refractivity contribution in [2.75, 3.05) is 36.0 Å². The van der Waals surface area contributed by atoms with Crippen LogP contribution in [-0.4, -0.2) is 45.9 Å². The molecular formula is C19H17ClN6O3. The molecule has 0 radical (unpaired) electrons.